The minimum Gasteiger partial charge on any atom is -0.478 e. The van der Waals surface area contributed by atoms with Gasteiger partial charge in [-0.15, -0.1) is 12.4 Å². The van der Waals surface area contributed by atoms with E-state index in [2.05, 4.69) is 82.6 Å². The summed E-state index contributed by atoms with van der Waals surface area (Å²) in [6, 6.07) is 25.2. The summed E-state index contributed by atoms with van der Waals surface area (Å²) in [5, 5.41) is 0. The van der Waals surface area contributed by atoms with Gasteiger partial charge < -0.3 is 9.47 Å². The van der Waals surface area contributed by atoms with Crippen molar-refractivity contribution in [2.75, 3.05) is 13.5 Å². The second-order valence-corrected chi connectivity index (χ2v) is 7.51. The minimum absolute atomic E-state index is 0. The molecule has 0 saturated carbocycles. The van der Waals surface area contributed by atoms with Gasteiger partial charge in [0.15, 0.2) is 0 Å². The maximum atomic E-state index is 6.08. The van der Waals surface area contributed by atoms with Crippen LogP contribution in [0.25, 0.3) is 0 Å². The first-order valence-corrected chi connectivity index (χ1v) is 9.78. The predicted octanol–water partition coefficient (Wildman–Crippen LogP) is 4.81. The number of hydrogen-bond acceptors (Lipinski definition) is 4. The van der Waals surface area contributed by atoms with Gasteiger partial charge in [-0.05, 0) is 23.3 Å². The number of hydrogen-bond donors (Lipinski definition) is 0. The Morgan fingerprint density at radius 2 is 1.00 bits per heavy atom. The molecule has 29 heavy (non-hydrogen) atoms. The fourth-order valence-electron chi connectivity index (χ4n) is 4.01. The Hall–Kier alpha value is -2.53. The van der Waals surface area contributed by atoms with E-state index in [1.54, 1.807) is 0 Å². The number of fused-ring (bicyclic) bond motifs is 3. The van der Waals surface area contributed by atoms with E-state index in [9.17, 15) is 0 Å². The maximum absolute atomic E-state index is 6.08. The molecule has 2 aliphatic rings. The largest absolute Gasteiger partial charge is 0.478 e. The van der Waals surface area contributed by atoms with Crippen LogP contribution in [0.2, 0.25) is 0 Å². The van der Waals surface area contributed by atoms with Gasteiger partial charge in [0, 0.05) is 37.3 Å². The standard InChI is InChI=1S/C24H24N2O2.ClH/c1-3-7-19(8-4-1)13-25-15-21-22-16-26(14-20-9-5-2-6-10-20)18-28-24(22)12-11-23(21)27-17-25;/h1-12H,13-18H2;1H. The molecule has 5 heteroatoms. The summed E-state index contributed by atoms with van der Waals surface area (Å²) in [5.74, 6) is 1.99. The Bertz CT molecular complexity index is 871. The molecule has 0 saturated heterocycles. The van der Waals surface area contributed by atoms with Crippen LogP contribution in [0.3, 0.4) is 0 Å². The fraction of sp³-hybridized carbons (Fsp3) is 0.250. The van der Waals surface area contributed by atoms with Crippen LogP contribution in [-0.2, 0) is 26.2 Å². The highest BCUT2D eigenvalue weighted by molar-refractivity contribution is 5.85. The summed E-state index contributed by atoms with van der Waals surface area (Å²) in [6.07, 6.45) is 0. The van der Waals surface area contributed by atoms with Crippen LogP contribution in [0, 0.1) is 0 Å². The number of nitrogens with zero attached hydrogens (tertiary/aromatic N) is 2. The van der Waals surface area contributed by atoms with Crippen molar-refractivity contribution in [3.63, 3.8) is 0 Å². The van der Waals surface area contributed by atoms with Crippen LogP contribution in [0.1, 0.15) is 22.3 Å². The van der Waals surface area contributed by atoms with Gasteiger partial charge in [0.05, 0.1) is 0 Å². The van der Waals surface area contributed by atoms with E-state index in [1.807, 2.05) is 0 Å². The molecule has 0 atom stereocenters. The van der Waals surface area contributed by atoms with Gasteiger partial charge in [-0.2, -0.15) is 0 Å². The highest BCUT2D eigenvalue weighted by atomic mass is 35.5. The Balaban J connectivity index is 0.00000205. The van der Waals surface area contributed by atoms with E-state index < -0.39 is 0 Å². The summed E-state index contributed by atoms with van der Waals surface area (Å²) in [6.45, 7) is 4.79. The van der Waals surface area contributed by atoms with Crippen LogP contribution in [-0.4, -0.2) is 23.3 Å². The third kappa shape index (κ3) is 4.40. The van der Waals surface area contributed by atoms with E-state index in [4.69, 9.17) is 9.47 Å². The summed E-state index contributed by atoms with van der Waals surface area (Å²) in [5.41, 5.74) is 5.14. The van der Waals surface area contributed by atoms with Crippen LogP contribution < -0.4 is 9.47 Å². The molecule has 3 aromatic rings. The lowest BCUT2D eigenvalue weighted by Crippen LogP contribution is -2.36. The Morgan fingerprint density at radius 3 is 1.41 bits per heavy atom. The first-order chi connectivity index (χ1) is 13.8. The van der Waals surface area contributed by atoms with E-state index in [0.717, 1.165) is 37.7 Å². The van der Waals surface area contributed by atoms with Crippen molar-refractivity contribution in [3.8, 4) is 11.5 Å². The van der Waals surface area contributed by atoms with Gasteiger partial charge >= 0.3 is 0 Å². The number of rotatable bonds is 4. The molecule has 2 aliphatic heterocycles. The third-order valence-corrected chi connectivity index (χ3v) is 5.41. The average molecular weight is 409 g/mol. The normalized spacial score (nSPS) is 16.0. The van der Waals surface area contributed by atoms with E-state index in [-0.39, 0.29) is 12.4 Å². The number of ether oxygens (including phenoxy) is 2. The summed E-state index contributed by atoms with van der Waals surface area (Å²) in [7, 11) is 0. The lowest BCUT2D eigenvalue weighted by Gasteiger charge is -2.35. The molecule has 150 valence electrons. The topological polar surface area (TPSA) is 24.9 Å². The van der Waals surface area contributed by atoms with E-state index in [1.165, 1.54) is 22.3 Å². The highest BCUT2D eigenvalue weighted by Crippen LogP contribution is 2.37. The lowest BCUT2D eigenvalue weighted by atomic mass is 10.0. The number of benzene rings is 3. The van der Waals surface area contributed by atoms with Gasteiger partial charge in [0.25, 0.3) is 0 Å². The highest BCUT2D eigenvalue weighted by Gasteiger charge is 2.27. The molecule has 0 fully saturated rings. The van der Waals surface area contributed by atoms with Crippen LogP contribution >= 0.6 is 12.4 Å². The molecule has 0 N–H and O–H groups in total. The second-order valence-electron chi connectivity index (χ2n) is 7.51. The molecule has 0 spiro atoms. The summed E-state index contributed by atoms with van der Waals surface area (Å²) >= 11 is 0. The van der Waals surface area contributed by atoms with Crippen molar-refractivity contribution in [2.24, 2.45) is 0 Å². The zero-order valence-corrected chi connectivity index (χ0v) is 17.1. The molecule has 0 amide bonds. The van der Waals surface area contributed by atoms with Gasteiger partial charge in [-0.3, -0.25) is 9.80 Å². The van der Waals surface area contributed by atoms with Crippen molar-refractivity contribution in [1.29, 1.82) is 0 Å². The van der Waals surface area contributed by atoms with Gasteiger partial charge in [0.1, 0.15) is 25.0 Å². The van der Waals surface area contributed by atoms with Crippen LogP contribution in [0.5, 0.6) is 11.5 Å². The average Bonchev–Trinajstić information content (AvgIpc) is 2.75. The molecule has 0 bridgehead atoms. The minimum atomic E-state index is 0. The SMILES string of the molecule is Cl.c1ccc(CN2COc3ccc4c(c3C2)CN(Cc2ccccc2)CO4)cc1. The van der Waals surface area contributed by atoms with Crippen molar-refractivity contribution < 1.29 is 9.47 Å². The first kappa shape index (κ1) is 19.8. The molecule has 2 heterocycles. The Morgan fingerprint density at radius 1 is 0.586 bits per heavy atom. The second kappa shape index (κ2) is 8.87. The van der Waals surface area contributed by atoms with Crippen molar-refractivity contribution in [3.05, 3.63) is 95.1 Å². The summed E-state index contributed by atoms with van der Waals surface area (Å²) in [4.78, 5) is 4.68. The van der Waals surface area contributed by atoms with E-state index in [0.29, 0.717) is 13.5 Å². The quantitative estimate of drug-likeness (QED) is 0.618. The molecular formula is C24H25ClN2O2. The molecule has 0 aromatic heterocycles. The lowest BCUT2D eigenvalue weighted by molar-refractivity contribution is 0.0726. The molecule has 4 nitrogen and oxygen atoms in total. The molecule has 0 radical (unpaired) electrons. The van der Waals surface area contributed by atoms with E-state index >= 15 is 0 Å². The molecule has 0 aliphatic carbocycles. The maximum Gasteiger partial charge on any atom is 0.142 e. The zero-order chi connectivity index (χ0) is 18.8. The van der Waals surface area contributed by atoms with Crippen LogP contribution in [0.4, 0.5) is 0 Å². The Labute approximate surface area is 178 Å². The van der Waals surface area contributed by atoms with Crippen LogP contribution in [0.15, 0.2) is 72.8 Å². The van der Waals surface area contributed by atoms with Crippen molar-refractivity contribution >= 4 is 12.4 Å². The van der Waals surface area contributed by atoms with Crippen molar-refractivity contribution in [2.45, 2.75) is 26.2 Å². The van der Waals surface area contributed by atoms with Crippen molar-refractivity contribution in [1.82, 2.24) is 9.80 Å². The molecule has 3 aromatic carbocycles. The number of halogens is 1. The molecule has 5 rings (SSSR count). The van der Waals surface area contributed by atoms with Gasteiger partial charge in [-0.1, -0.05) is 60.7 Å². The molecular weight excluding hydrogens is 384 g/mol. The monoisotopic (exact) mass is 408 g/mol. The van der Waals surface area contributed by atoms with Gasteiger partial charge in [0.2, 0.25) is 0 Å². The third-order valence-electron chi connectivity index (χ3n) is 5.41. The zero-order valence-electron chi connectivity index (χ0n) is 16.3. The fourth-order valence-corrected chi connectivity index (χ4v) is 4.01. The molecule has 0 unspecified atom stereocenters. The van der Waals surface area contributed by atoms with Gasteiger partial charge in [-0.25, -0.2) is 0 Å². The summed E-state index contributed by atoms with van der Waals surface area (Å²) < 4.78 is 12.2. The predicted molar refractivity (Wildman–Crippen MR) is 116 cm³/mol. The smallest absolute Gasteiger partial charge is 0.142 e. The first-order valence-electron chi connectivity index (χ1n) is 9.78. The Kier molecular flexibility index (Phi) is 6.05.